The minimum absolute atomic E-state index is 0.122. The summed E-state index contributed by atoms with van der Waals surface area (Å²) in [4.78, 5) is 24.2. The van der Waals surface area contributed by atoms with Gasteiger partial charge in [0.25, 0.3) is 5.91 Å². The number of aromatic nitrogens is 2. The predicted octanol–water partition coefficient (Wildman–Crippen LogP) is 5.54. The maximum absolute atomic E-state index is 13.1. The highest BCUT2D eigenvalue weighted by Gasteiger charge is 2.31. The van der Waals surface area contributed by atoms with E-state index in [2.05, 4.69) is 25.6 Å². The minimum Gasteiger partial charge on any atom is -0.348 e. The number of nitrogens with zero attached hydrogens (tertiary/aromatic N) is 2. The summed E-state index contributed by atoms with van der Waals surface area (Å²) < 4.78 is 39.3. The maximum atomic E-state index is 13.1. The number of rotatable bonds is 6. The third kappa shape index (κ3) is 6.57. The fraction of sp³-hybridized carbons (Fsp3) is 0.115. The zero-order valence-electron chi connectivity index (χ0n) is 18.5. The summed E-state index contributed by atoms with van der Waals surface area (Å²) in [6.07, 6.45) is -0.780. The van der Waals surface area contributed by atoms with Crippen molar-refractivity contribution in [2.75, 3.05) is 11.9 Å². The molecule has 1 amide bonds. The van der Waals surface area contributed by atoms with Crippen LogP contribution in [0, 0.1) is 0 Å². The number of nitrogens with one attached hydrogen (secondary N) is 3. The number of carbonyl (C=O) groups is 1. The number of carbonyl (C=O) groups excluding carboxylic acids is 1. The monoisotopic (exact) mass is 477 g/mol. The number of hydrogen-bond acceptors (Lipinski definition) is 3. The third-order valence-electron chi connectivity index (χ3n) is 5.12. The molecule has 178 valence electrons. The molecule has 4 rings (SSSR count). The topological polar surface area (TPSA) is 82.2 Å². The molecule has 0 radical (unpaired) electrons. The van der Waals surface area contributed by atoms with Crippen molar-refractivity contribution in [2.45, 2.75) is 12.6 Å². The maximum Gasteiger partial charge on any atom is 0.416 e. The number of benzene rings is 3. The van der Waals surface area contributed by atoms with E-state index in [0.29, 0.717) is 18.7 Å². The van der Waals surface area contributed by atoms with Crippen LogP contribution in [0.15, 0.2) is 96.4 Å². The van der Waals surface area contributed by atoms with Crippen LogP contribution in [0.25, 0.3) is 11.1 Å². The number of H-pyrrole nitrogens is 1. The molecular weight excluding hydrogens is 455 g/mol. The van der Waals surface area contributed by atoms with Gasteiger partial charge in [-0.3, -0.25) is 15.1 Å². The summed E-state index contributed by atoms with van der Waals surface area (Å²) >= 11 is 0. The van der Waals surface area contributed by atoms with Crippen molar-refractivity contribution < 1.29 is 18.0 Å². The summed E-state index contributed by atoms with van der Waals surface area (Å²) in [5.41, 5.74) is 2.48. The molecule has 1 heterocycles. The lowest BCUT2D eigenvalue weighted by molar-refractivity contribution is -0.137. The number of amides is 1. The summed E-state index contributed by atoms with van der Waals surface area (Å²) in [5, 5.41) is 5.69. The van der Waals surface area contributed by atoms with Crippen molar-refractivity contribution in [1.82, 2.24) is 15.3 Å². The van der Waals surface area contributed by atoms with Gasteiger partial charge in [0.05, 0.1) is 11.9 Å². The Labute approximate surface area is 200 Å². The van der Waals surface area contributed by atoms with Gasteiger partial charge >= 0.3 is 6.18 Å². The van der Waals surface area contributed by atoms with Gasteiger partial charge in [0.2, 0.25) is 5.96 Å². The van der Waals surface area contributed by atoms with E-state index in [4.69, 9.17) is 0 Å². The number of anilines is 1. The Morgan fingerprint density at radius 3 is 2.46 bits per heavy atom. The van der Waals surface area contributed by atoms with Gasteiger partial charge < -0.3 is 10.3 Å². The molecule has 9 heteroatoms. The van der Waals surface area contributed by atoms with Crippen molar-refractivity contribution in [1.29, 1.82) is 0 Å². The molecule has 0 aliphatic heterocycles. The molecule has 0 unspecified atom stereocenters. The summed E-state index contributed by atoms with van der Waals surface area (Å²) in [5.74, 6) is -0.583. The number of guanidine groups is 1. The second-order valence-corrected chi connectivity index (χ2v) is 7.66. The highest BCUT2D eigenvalue weighted by Crippen LogP contribution is 2.29. The molecule has 0 aliphatic rings. The lowest BCUT2D eigenvalue weighted by Gasteiger charge is -2.14. The third-order valence-corrected chi connectivity index (χ3v) is 5.12. The van der Waals surface area contributed by atoms with Gasteiger partial charge in [-0.2, -0.15) is 13.2 Å². The molecule has 0 atom stereocenters. The Kier molecular flexibility index (Phi) is 7.25. The molecule has 0 saturated heterocycles. The Balaban J connectivity index is 1.55. The average Bonchev–Trinajstić information content (AvgIpc) is 3.38. The highest BCUT2D eigenvalue weighted by molar-refractivity contribution is 6.10. The Morgan fingerprint density at radius 2 is 1.71 bits per heavy atom. The smallest absolute Gasteiger partial charge is 0.348 e. The van der Waals surface area contributed by atoms with Gasteiger partial charge in [0.1, 0.15) is 0 Å². The Hall–Kier alpha value is -4.40. The molecule has 0 saturated carbocycles. The van der Waals surface area contributed by atoms with E-state index in [1.54, 1.807) is 12.5 Å². The van der Waals surface area contributed by atoms with E-state index in [0.717, 1.165) is 29.0 Å². The lowest BCUT2D eigenvalue weighted by atomic mass is 10.1. The molecule has 3 aromatic carbocycles. The van der Waals surface area contributed by atoms with Crippen LogP contribution in [0.3, 0.4) is 0 Å². The van der Waals surface area contributed by atoms with E-state index < -0.39 is 17.6 Å². The van der Waals surface area contributed by atoms with E-state index in [-0.39, 0.29) is 11.5 Å². The molecule has 0 fully saturated rings. The molecule has 3 N–H and O–H groups in total. The van der Waals surface area contributed by atoms with Gasteiger partial charge in [0.15, 0.2) is 0 Å². The highest BCUT2D eigenvalue weighted by atomic mass is 19.4. The van der Waals surface area contributed by atoms with E-state index in [9.17, 15) is 18.0 Å². The zero-order chi connectivity index (χ0) is 24.7. The Bertz CT molecular complexity index is 1300. The van der Waals surface area contributed by atoms with Gasteiger partial charge in [-0.25, -0.2) is 4.98 Å². The van der Waals surface area contributed by atoms with Crippen LogP contribution in [-0.2, 0) is 12.6 Å². The quantitative estimate of drug-likeness (QED) is 0.252. The summed E-state index contributed by atoms with van der Waals surface area (Å²) in [6, 6.07) is 21.5. The number of aliphatic imine (C=N–C) groups is 1. The van der Waals surface area contributed by atoms with Gasteiger partial charge in [-0.15, -0.1) is 0 Å². The summed E-state index contributed by atoms with van der Waals surface area (Å²) in [7, 11) is 0. The van der Waals surface area contributed by atoms with E-state index >= 15 is 0 Å². The second-order valence-electron chi connectivity index (χ2n) is 7.66. The van der Waals surface area contributed by atoms with Gasteiger partial charge in [-0.1, -0.05) is 48.5 Å². The largest absolute Gasteiger partial charge is 0.416 e. The molecule has 4 aromatic rings. The van der Waals surface area contributed by atoms with Crippen molar-refractivity contribution in [3.63, 3.8) is 0 Å². The van der Waals surface area contributed by atoms with Crippen molar-refractivity contribution >= 4 is 17.6 Å². The standard InChI is InChI=1S/C26H22F3N5O/c27-26(28,29)21-10-4-9-20(14-21)24(35)34-25(31-13-12-23-16-30-17-32-23)33-22-11-5-8-19(15-22)18-6-2-1-3-7-18/h1-11,14-17H,12-13H2,(H,30,32)(H2,31,33,34,35). The van der Waals surface area contributed by atoms with E-state index in [1.165, 1.54) is 12.1 Å². The van der Waals surface area contributed by atoms with Gasteiger partial charge in [0, 0.05) is 36.1 Å². The van der Waals surface area contributed by atoms with Crippen LogP contribution in [0.1, 0.15) is 21.6 Å². The van der Waals surface area contributed by atoms with Crippen LogP contribution >= 0.6 is 0 Å². The normalized spacial score (nSPS) is 11.8. The lowest BCUT2D eigenvalue weighted by Crippen LogP contribution is -2.36. The van der Waals surface area contributed by atoms with Crippen LogP contribution in [0.2, 0.25) is 0 Å². The number of aromatic amines is 1. The number of alkyl halides is 3. The molecule has 6 nitrogen and oxygen atoms in total. The number of halogens is 3. The van der Waals surface area contributed by atoms with Crippen LogP contribution in [0.4, 0.5) is 18.9 Å². The van der Waals surface area contributed by atoms with Gasteiger partial charge in [-0.05, 0) is 41.5 Å². The van der Waals surface area contributed by atoms with Crippen molar-refractivity contribution in [3.05, 3.63) is 108 Å². The predicted molar refractivity (Wildman–Crippen MR) is 129 cm³/mol. The SMILES string of the molecule is O=C(NC(=NCCc1cnc[nH]1)Nc1cccc(-c2ccccc2)c1)c1cccc(C(F)(F)F)c1. The van der Waals surface area contributed by atoms with Crippen molar-refractivity contribution in [3.8, 4) is 11.1 Å². The van der Waals surface area contributed by atoms with Crippen LogP contribution < -0.4 is 10.6 Å². The zero-order valence-corrected chi connectivity index (χ0v) is 18.5. The first-order valence-corrected chi connectivity index (χ1v) is 10.8. The van der Waals surface area contributed by atoms with Crippen molar-refractivity contribution in [2.24, 2.45) is 4.99 Å². The number of imidazole rings is 1. The average molecular weight is 477 g/mol. The number of hydrogen-bond donors (Lipinski definition) is 3. The molecule has 0 bridgehead atoms. The fourth-order valence-electron chi connectivity index (χ4n) is 3.38. The van der Waals surface area contributed by atoms with Crippen LogP contribution in [-0.4, -0.2) is 28.4 Å². The minimum atomic E-state index is -4.55. The van der Waals surface area contributed by atoms with Crippen LogP contribution in [0.5, 0.6) is 0 Å². The molecule has 1 aromatic heterocycles. The fourth-order valence-corrected chi connectivity index (χ4v) is 3.38. The molecular formula is C26H22F3N5O. The second kappa shape index (κ2) is 10.7. The summed E-state index contributed by atoms with van der Waals surface area (Å²) in [6.45, 7) is 0.311. The first-order chi connectivity index (χ1) is 16.9. The molecule has 35 heavy (non-hydrogen) atoms. The molecule has 0 spiro atoms. The first kappa shape index (κ1) is 23.7. The first-order valence-electron chi connectivity index (χ1n) is 10.8. The molecule has 0 aliphatic carbocycles. The van der Waals surface area contributed by atoms with E-state index in [1.807, 2.05) is 54.6 Å². The Morgan fingerprint density at radius 1 is 0.943 bits per heavy atom.